The third-order valence-corrected chi connectivity index (χ3v) is 11.3. The van der Waals surface area contributed by atoms with E-state index in [-0.39, 0.29) is 28.8 Å². The van der Waals surface area contributed by atoms with Crippen molar-refractivity contribution in [1.82, 2.24) is 0 Å². The summed E-state index contributed by atoms with van der Waals surface area (Å²) in [6.07, 6.45) is 7.46. The average molecular weight is 471 g/mol. The summed E-state index contributed by atoms with van der Waals surface area (Å²) in [4.78, 5) is 0. The Labute approximate surface area is 198 Å². The Balaban J connectivity index is 1.49. The van der Waals surface area contributed by atoms with Gasteiger partial charge in [0.05, 0.1) is 5.60 Å². The van der Waals surface area contributed by atoms with Gasteiger partial charge in [0.25, 0.3) is 0 Å². The Morgan fingerprint density at radius 2 is 1.79 bits per heavy atom. The molecule has 0 bridgehead atoms. The highest BCUT2D eigenvalue weighted by Gasteiger charge is 2.60. The van der Waals surface area contributed by atoms with E-state index in [1.165, 1.54) is 25.7 Å². The predicted molar refractivity (Wildman–Crippen MR) is 126 cm³/mol. The Bertz CT molecular complexity index is 774. The number of hydrogen-bond donors (Lipinski definition) is 1. The molecule has 0 spiro atoms. The second-order valence-corrected chi connectivity index (χ2v) is 13.1. The highest BCUT2D eigenvalue weighted by Crippen LogP contribution is 2.68. The average Bonchev–Trinajstić information content (AvgIpc) is 3.09. The molecular weight excluding hydrogens is 425 g/mol. The van der Waals surface area contributed by atoms with Crippen molar-refractivity contribution in [3.8, 4) is 0 Å². The van der Waals surface area contributed by atoms with Crippen LogP contribution < -0.4 is 0 Å². The molecule has 0 amide bonds. The van der Waals surface area contributed by atoms with Crippen molar-refractivity contribution in [2.45, 2.75) is 116 Å². The van der Waals surface area contributed by atoms with Crippen LogP contribution in [-0.2, 0) is 4.74 Å². The van der Waals surface area contributed by atoms with Gasteiger partial charge in [-0.1, -0.05) is 32.4 Å². The monoisotopic (exact) mass is 470 g/mol. The fourth-order valence-electron chi connectivity index (χ4n) is 8.79. The van der Waals surface area contributed by atoms with Gasteiger partial charge in [-0.05, 0) is 118 Å². The molecule has 2 nitrogen and oxygen atoms in total. The molecule has 33 heavy (non-hydrogen) atoms. The second-order valence-electron chi connectivity index (χ2n) is 13.1. The molecule has 190 valence electrons. The number of methoxy groups -OCH3 is 1. The van der Waals surface area contributed by atoms with Crippen LogP contribution in [-0.4, -0.2) is 29.6 Å². The fourth-order valence-corrected chi connectivity index (χ4v) is 8.79. The van der Waals surface area contributed by atoms with Crippen LogP contribution in [0.3, 0.4) is 0 Å². The van der Waals surface area contributed by atoms with Gasteiger partial charge in [0, 0.05) is 7.11 Å². The Hall–Kier alpha value is -0.550. The first-order chi connectivity index (χ1) is 15.2. The molecule has 1 N–H and O–H groups in total. The molecule has 3 fully saturated rings. The van der Waals surface area contributed by atoms with Crippen LogP contribution in [0.1, 0.15) is 98.8 Å². The van der Waals surface area contributed by atoms with Gasteiger partial charge in [0.15, 0.2) is 5.60 Å². The van der Waals surface area contributed by atoms with E-state index in [0.29, 0.717) is 24.2 Å². The number of alkyl halides is 3. The van der Waals surface area contributed by atoms with Gasteiger partial charge in [-0.2, -0.15) is 13.2 Å². The zero-order valence-electron chi connectivity index (χ0n) is 21.5. The normalized spacial score (nSPS) is 45.9. The van der Waals surface area contributed by atoms with E-state index in [4.69, 9.17) is 4.74 Å². The molecule has 3 saturated carbocycles. The first-order valence-electron chi connectivity index (χ1n) is 13.2. The van der Waals surface area contributed by atoms with E-state index in [1.807, 2.05) is 7.11 Å². The molecule has 0 heterocycles. The maximum absolute atomic E-state index is 13.2. The summed E-state index contributed by atoms with van der Waals surface area (Å²) in [6, 6.07) is 0. The fraction of sp³-hybridized carbons (Fsp3) is 0.929. The molecule has 0 aliphatic heterocycles. The molecule has 0 unspecified atom stereocenters. The lowest BCUT2D eigenvalue weighted by molar-refractivity contribution is -0.256. The van der Waals surface area contributed by atoms with E-state index in [2.05, 4.69) is 33.8 Å². The molecule has 0 aromatic rings. The zero-order valence-corrected chi connectivity index (χ0v) is 21.5. The van der Waals surface area contributed by atoms with E-state index in [0.717, 1.165) is 38.5 Å². The minimum Gasteiger partial charge on any atom is -0.381 e. The molecule has 9 atom stereocenters. The van der Waals surface area contributed by atoms with Gasteiger partial charge >= 0.3 is 6.18 Å². The first kappa shape index (κ1) is 25.5. The van der Waals surface area contributed by atoms with Gasteiger partial charge in [-0.25, -0.2) is 0 Å². The van der Waals surface area contributed by atoms with Crippen LogP contribution in [0.2, 0.25) is 0 Å². The highest BCUT2D eigenvalue weighted by atomic mass is 19.4. The van der Waals surface area contributed by atoms with Gasteiger partial charge in [0.1, 0.15) is 0 Å². The van der Waals surface area contributed by atoms with E-state index < -0.39 is 11.8 Å². The topological polar surface area (TPSA) is 29.5 Å². The summed E-state index contributed by atoms with van der Waals surface area (Å²) in [5.74, 6) is 2.73. The standard InChI is InChI=1S/C28H45F3O2/c1-18(11-14-27(5,32)28(29,30)31)21-9-10-22-20-8-7-19-17-24(2,33-6)15-16-25(19,3)23(20)12-13-26(21,22)4/h7,18,20-23,32H,8-17H2,1-6H3/t18-,20+,21-,22+,23+,24+,25+,26-,27+/m1/s1. The van der Waals surface area contributed by atoms with Crippen LogP contribution in [0.5, 0.6) is 0 Å². The highest BCUT2D eigenvalue weighted by molar-refractivity contribution is 5.27. The smallest absolute Gasteiger partial charge is 0.381 e. The van der Waals surface area contributed by atoms with Gasteiger partial charge in [0.2, 0.25) is 0 Å². The van der Waals surface area contributed by atoms with Crippen LogP contribution >= 0.6 is 0 Å². The summed E-state index contributed by atoms with van der Waals surface area (Å²) in [6.45, 7) is 10.2. The van der Waals surface area contributed by atoms with Crippen molar-refractivity contribution in [3.63, 3.8) is 0 Å². The summed E-state index contributed by atoms with van der Waals surface area (Å²) in [5.41, 5.74) is -0.527. The molecule has 0 radical (unpaired) electrons. The molecule has 4 aliphatic rings. The molecule has 5 heteroatoms. The SMILES string of the molecule is CO[C@@]1(C)CC[C@@]2(C)C(=CC[C@H]3[C@@H]4CC[C@H]([C@H](C)CC[C@](C)(O)C(F)(F)F)[C@@]4(C)CC[C@@H]32)C1. The lowest BCUT2D eigenvalue weighted by Crippen LogP contribution is -2.52. The van der Waals surface area contributed by atoms with Crippen molar-refractivity contribution in [2.75, 3.05) is 7.11 Å². The van der Waals surface area contributed by atoms with E-state index in [1.54, 1.807) is 5.57 Å². The second kappa shape index (κ2) is 8.25. The summed E-state index contributed by atoms with van der Waals surface area (Å²) < 4.78 is 45.4. The zero-order chi connectivity index (χ0) is 24.4. The van der Waals surface area contributed by atoms with Crippen molar-refractivity contribution >= 4 is 0 Å². The molecule has 0 aromatic carbocycles. The van der Waals surface area contributed by atoms with Crippen LogP contribution in [0.15, 0.2) is 11.6 Å². The molecule has 4 aliphatic carbocycles. The molecule has 0 saturated heterocycles. The number of hydrogen-bond acceptors (Lipinski definition) is 2. The van der Waals surface area contributed by atoms with Crippen molar-refractivity contribution in [3.05, 3.63) is 11.6 Å². The minimum absolute atomic E-state index is 0.0349. The Morgan fingerprint density at radius 3 is 2.42 bits per heavy atom. The number of ether oxygens (including phenoxy) is 1. The lowest BCUT2D eigenvalue weighted by atomic mass is 9.46. The molecule has 0 aromatic heterocycles. The van der Waals surface area contributed by atoms with Crippen molar-refractivity contribution in [2.24, 2.45) is 40.4 Å². The van der Waals surface area contributed by atoms with E-state index >= 15 is 0 Å². The molecular formula is C28H45F3O2. The molecule has 4 rings (SSSR count). The minimum atomic E-state index is -4.56. The summed E-state index contributed by atoms with van der Waals surface area (Å²) in [5, 5.41) is 9.95. The Morgan fingerprint density at radius 1 is 1.09 bits per heavy atom. The van der Waals surface area contributed by atoms with Crippen LogP contribution in [0.25, 0.3) is 0 Å². The third-order valence-electron chi connectivity index (χ3n) is 11.3. The summed E-state index contributed by atoms with van der Waals surface area (Å²) in [7, 11) is 1.84. The summed E-state index contributed by atoms with van der Waals surface area (Å²) >= 11 is 0. The number of halogens is 3. The van der Waals surface area contributed by atoms with Gasteiger partial charge < -0.3 is 9.84 Å². The predicted octanol–water partition coefficient (Wildman–Crippen LogP) is 7.70. The van der Waals surface area contributed by atoms with E-state index in [9.17, 15) is 18.3 Å². The van der Waals surface area contributed by atoms with Crippen molar-refractivity contribution < 1.29 is 23.0 Å². The van der Waals surface area contributed by atoms with Gasteiger partial charge in [-0.3, -0.25) is 0 Å². The van der Waals surface area contributed by atoms with Gasteiger partial charge in [-0.15, -0.1) is 0 Å². The quantitative estimate of drug-likeness (QED) is 0.417. The largest absolute Gasteiger partial charge is 0.416 e. The van der Waals surface area contributed by atoms with Crippen LogP contribution in [0.4, 0.5) is 13.2 Å². The van der Waals surface area contributed by atoms with Crippen LogP contribution in [0, 0.1) is 40.4 Å². The first-order valence-corrected chi connectivity index (χ1v) is 13.2. The maximum Gasteiger partial charge on any atom is 0.416 e. The number of rotatable bonds is 5. The number of allylic oxidation sites excluding steroid dienone is 1. The third kappa shape index (κ3) is 4.11. The Kier molecular flexibility index (Phi) is 6.39. The van der Waals surface area contributed by atoms with Crippen molar-refractivity contribution in [1.29, 1.82) is 0 Å². The number of fused-ring (bicyclic) bond motifs is 5. The number of aliphatic hydroxyl groups is 1. The lowest BCUT2D eigenvalue weighted by Gasteiger charge is -2.59. The maximum atomic E-state index is 13.2.